The maximum atomic E-state index is 13.8. The fourth-order valence-electron chi connectivity index (χ4n) is 7.73. The summed E-state index contributed by atoms with van der Waals surface area (Å²) in [6, 6.07) is 35.1. The van der Waals surface area contributed by atoms with Gasteiger partial charge in [-0.2, -0.15) is 0 Å². The molecular formula is C50H68N6O6. The lowest BCUT2D eigenvalue weighted by molar-refractivity contribution is 0.0661. The molecule has 2 atom stereocenters. The van der Waals surface area contributed by atoms with Gasteiger partial charge in [0.25, 0.3) is 0 Å². The third kappa shape index (κ3) is 14.4. The van der Waals surface area contributed by atoms with Crippen molar-refractivity contribution in [3.63, 3.8) is 0 Å². The molecule has 4 aromatic carbocycles. The van der Waals surface area contributed by atoms with Crippen LogP contribution in [-0.4, -0.2) is 112 Å². The maximum Gasteiger partial charge on any atom is 0.407 e. The Bertz CT molecular complexity index is 1820. The second-order valence-corrected chi connectivity index (χ2v) is 16.1. The number of anilines is 2. The largest absolute Gasteiger partial charge is 0.448 e. The smallest absolute Gasteiger partial charge is 0.407 e. The zero-order valence-corrected chi connectivity index (χ0v) is 37.6. The molecule has 4 aromatic rings. The van der Waals surface area contributed by atoms with Crippen LogP contribution in [0.5, 0.6) is 0 Å². The molecule has 62 heavy (non-hydrogen) atoms. The van der Waals surface area contributed by atoms with E-state index in [-0.39, 0.29) is 24.8 Å². The zero-order valence-electron chi connectivity index (χ0n) is 37.6. The number of alkyl carbamates (subject to hydrolysis) is 2. The summed E-state index contributed by atoms with van der Waals surface area (Å²) in [6.45, 7) is 6.38. The zero-order chi connectivity index (χ0) is 44.8. The molecule has 0 aliphatic rings. The molecule has 0 aliphatic heterocycles. The molecule has 0 radical (unpaired) electrons. The number of benzene rings is 4. The lowest BCUT2D eigenvalue weighted by Gasteiger charge is -2.38. The Morgan fingerprint density at radius 3 is 1.16 bits per heavy atom. The van der Waals surface area contributed by atoms with Crippen LogP contribution in [0.3, 0.4) is 0 Å². The fourth-order valence-corrected chi connectivity index (χ4v) is 7.73. The van der Waals surface area contributed by atoms with Crippen LogP contribution in [0.15, 0.2) is 109 Å². The average molecular weight is 849 g/mol. The molecule has 4 N–H and O–H groups in total. The first kappa shape index (κ1) is 48.9. The average Bonchev–Trinajstić information content (AvgIpc) is 3.29. The van der Waals surface area contributed by atoms with Crippen molar-refractivity contribution in [3.8, 4) is 0 Å². The van der Waals surface area contributed by atoms with E-state index in [1.54, 1.807) is 0 Å². The third-order valence-corrected chi connectivity index (χ3v) is 11.7. The lowest BCUT2D eigenvalue weighted by Crippen LogP contribution is -2.52. The summed E-state index contributed by atoms with van der Waals surface area (Å²) < 4.78 is 10.6. The highest BCUT2D eigenvalue weighted by Crippen LogP contribution is 2.30. The van der Waals surface area contributed by atoms with Gasteiger partial charge >= 0.3 is 12.2 Å². The summed E-state index contributed by atoms with van der Waals surface area (Å²) in [6.07, 6.45) is 5.08. The highest BCUT2D eigenvalue weighted by atomic mass is 16.6. The molecule has 2 unspecified atom stereocenters. The van der Waals surface area contributed by atoms with Crippen LogP contribution in [0.25, 0.3) is 0 Å². The number of ketones is 2. The highest BCUT2D eigenvalue weighted by Gasteiger charge is 2.40. The Morgan fingerprint density at radius 1 is 0.484 bits per heavy atom. The topological polar surface area (TPSA) is 141 Å². The summed E-state index contributed by atoms with van der Waals surface area (Å²) in [5.74, 6) is 0.179. The second kappa shape index (κ2) is 25.3. The number of likely N-dealkylation sites (N-methyl/N-ethyl adjacent to an activating group) is 2. The summed E-state index contributed by atoms with van der Waals surface area (Å²) in [4.78, 5) is 55.9. The van der Waals surface area contributed by atoms with Crippen molar-refractivity contribution in [2.75, 3.05) is 78.2 Å². The molecule has 0 spiro atoms. The molecule has 0 saturated carbocycles. The van der Waals surface area contributed by atoms with Crippen LogP contribution < -0.4 is 21.3 Å². The van der Waals surface area contributed by atoms with Gasteiger partial charge in [0.15, 0.2) is 11.6 Å². The minimum atomic E-state index is -0.647. The third-order valence-electron chi connectivity index (χ3n) is 11.7. The SMILES string of the molecule is CCC(Cc1ccccc1)(C(=O)c1ccc(NCCOC(=O)NCCCCCCNC(=O)OCCNc2ccc(C(=O)C(CC)(Cc3ccccc3)N(C)C)cc2)cc1)N(C)C. The number of unbranched alkanes of at least 4 members (excludes halogenated alkanes) is 3. The monoisotopic (exact) mass is 849 g/mol. The molecule has 12 heteroatoms. The van der Waals surface area contributed by atoms with Crippen molar-refractivity contribution in [3.05, 3.63) is 131 Å². The highest BCUT2D eigenvalue weighted by molar-refractivity contribution is 6.04. The number of carbonyl (C=O) groups is 4. The van der Waals surface area contributed by atoms with E-state index < -0.39 is 23.3 Å². The Morgan fingerprint density at radius 2 is 0.839 bits per heavy atom. The molecule has 4 rings (SSSR count). The van der Waals surface area contributed by atoms with Gasteiger partial charge in [0.1, 0.15) is 13.2 Å². The Kier molecular flexibility index (Phi) is 19.9. The summed E-state index contributed by atoms with van der Waals surface area (Å²) in [5, 5.41) is 12.1. The van der Waals surface area contributed by atoms with Crippen LogP contribution >= 0.6 is 0 Å². The molecule has 334 valence electrons. The number of nitrogens with zero attached hydrogens (tertiary/aromatic N) is 2. The minimum absolute atomic E-state index is 0.0897. The van der Waals surface area contributed by atoms with E-state index in [4.69, 9.17) is 9.47 Å². The fraction of sp³-hybridized carbons (Fsp3) is 0.440. The van der Waals surface area contributed by atoms with Gasteiger partial charge in [0.2, 0.25) is 0 Å². The van der Waals surface area contributed by atoms with Gasteiger partial charge in [0, 0.05) is 48.7 Å². The molecule has 0 aliphatic carbocycles. The van der Waals surface area contributed by atoms with E-state index in [1.807, 2.05) is 123 Å². The number of Topliss-reactive ketones (excluding diaryl/α,β-unsaturated/α-hetero) is 2. The minimum Gasteiger partial charge on any atom is -0.448 e. The van der Waals surface area contributed by atoms with Gasteiger partial charge in [-0.1, -0.05) is 87.4 Å². The van der Waals surface area contributed by atoms with Gasteiger partial charge in [0.05, 0.1) is 11.1 Å². The van der Waals surface area contributed by atoms with Crippen molar-refractivity contribution in [2.24, 2.45) is 0 Å². The van der Waals surface area contributed by atoms with E-state index in [1.165, 1.54) is 0 Å². The summed E-state index contributed by atoms with van der Waals surface area (Å²) in [5.41, 5.74) is 3.95. The lowest BCUT2D eigenvalue weighted by atomic mass is 9.80. The van der Waals surface area contributed by atoms with E-state index in [2.05, 4.69) is 59.4 Å². The predicted molar refractivity (Wildman–Crippen MR) is 249 cm³/mol. The molecule has 12 nitrogen and oxygen atoms in total. The van der Waals surface area contributed by atoms with E-state index >= 15 is 0 Å². The number of ether oxygens (including phenoxy) is 2. The molecule has 0 bridgehead atoms. The summed E-state index contributed by atoms with van der Waals surface area (Å²) >= 11 is 0. The first-order chi connectivity index (χ1) is 29.9. The number of rotatable bonds is 27. The van der Waals surface area contributed by atoms with Crippen LogP contribution in [-0.2, 0) is 22.3 Å². The molecule has 0 heterocycles. The second-order valence-electron chi connectivity index (χ2n) is 16.1. The molecule has 0 saturated heterocycles. The van der Waals surface area contributed by atoms with Crippen LogP contribution in [0.1, 0.15) is 84.2 Å². The van der Waals surface area contributed by atoms with E-state index in [9.17, 15) is 19.2 Å². The standard InChI is InChI=1S/C50H68N6O6/c1-7-49(55(3)4,37-39-19-13-11-14-20-39)45(57)41-23-27-43(28-24-41)51-33-35-61-47(59)53-31-17-9-10-18-32-54-48(60)62-36-34-52-44-29-25-42(26-30-44)46(58)50(8-2,56(5)6)38-40-21-15-12-16-22-40/h11-16,19-30,51-52H,7-10,17-18,31-38H2,1-6H3,(H,53,59)(H,54,60). The molecule has 2 amide bonds. The number of hydrogen-bond acceptors (Lipinski definition) is 10. The Hall–Kier alpha value is -5.72. The van der Waals surface area contributed by atoms with Crippen LogP contribution in [0.2, 0.25) is 0 Å². The first-order valence-corrected chi connectivity index (χ1v) is 22.0. The molecular weight excluding hydrogens is 781 g/mol. The quantitative estimate of drug-likeness (QED) is 0.0341. The van der Waals surface area contributed by atoms with Crippen LogP contribution in [0.4, 0.5) is 21.0 Å². The maximum absolute atomic E-state index is 13.8. The van der Waals surface area contributed by atoms with Crippen molar-refractivity contribution >= 4 is 35.1 Å². The Labute approximate surface area is 369 Å². The van der Waals surface area contributed by atoms with E-state index in [0.717, 1.165) is 48.2 Å². The number of hydrogen-bond donors (Lipinski definition) is 4. The summed E-state index contributed by atoms with van der Waals surface area (Å²) in [7, 11) is 7.85. The molecule has 0 fully saturated rings. The van der Waals surface area contributed by atoms with Gasteiger partial charge in [-0.15, -0.1) is 0 Å². The van der Waals surface area contributed by atoms with Crippen molar-refractivity contribution in [2.45, 2.75) is 76.3 Å². The Balaban J connectivity index is 1.01. The first-order valence-electron chi connectivity index (χ1n) is 22.0. The number of nitrogens with one attached hydrogen (secondary N) is 4. The normalized spacial score (nSPS) is 13.1. The van der Waals surface area contributed by atoms with Gasteiger partial charge in [-0.25, -0.2) is 9.59 Å². The van der Waals surface area contributed by atoms with E-state index in [0.29, 0.717) is 63.0 Å². The molecule has 0 aromatic heterocycles. The van der Waals surface area contributed by atoms with Gasteiger partial charge in [-0.3, -0.25) is 19.4 Å². The van der Waals surface area contributed by atoms with Crippen LogP contribution in [0, 0.1) is 0 Å². The van der Waals surface area contributed by atoms with Crippen molar-refractivity contribution < 1.29 is 28.7 Å². The van der Waals surface area contributed by atoms with Crippen molar-refractivity contribution in [1.82, 2.24) is 20.4 Å². The van der Waals surface area contributed by atoms with Gasteiger partial charge in [-0.05, 0) is 126 Å². The van der Waals surface area contributed by atoms with Crippen molar-refractivity contribution in [1.29, 1.82) is 0 Å². The predicted octanol–water partition coefficient (Wildman–Crippen LogP) is 8.50. The van der Waals surface area contributed by atoms with Gasteiger partial charge < -0.3 is 30.7 Å². The number of carbonyl (C=O) groups excluding carboxylic acids is 4. The number of amides is 2.